The third-order valence-electron chi connectivity index (χ3n) is 10.6. The average molecular weight is 776 g/mol. The number of carbonyl (C=O) groups excluding carboxylic acids is 3. The number of hydrogen-bond donors (Lipinski definition) is 2. The topological polar surface area (TPSA) is 200 Å². The van der Waals surface area contributed by atoms with Crippen LogP contribution in [0.1, 0.15) is 109 Å². The zero-order valence-electron chi connectivity index (χ0n) is 30.6. The molecule has 0 aromatic heterocycles. The second-order valence-corrected chi connectivity index (χ2v) is 18.7. The van der Waals surface area contributed by atoms with Crippen molar-refractivity contribution >= 4 is 49.4 Å². The second kappa shape index (κ2) is 14.0. The monoisotopic (exact) mass is 775 g/mol. The molecule has 0 saturated carbocycles. The Morgan fingerprint density at radius 2 is 1.57 bits per heavy atom. The maximum atomic E-state index is 12.6. The number of rotatable bonds is 12. The molecular weight excluding hydrogens is 729 g/mol. The Morgan fingerprint density at radius 1 is 0.925 bits per heavy atom. The Balaban J connectivity index is 1.42. The second-order valence-electron chi connectivity index (χ2n) is 15.7. The van der Waals surface area contributed by atoms with Crippen LogP contribution >= 0.6 is 0 Å². The molecule has 6 rings (SSSR count). The van der Waals surface area contributed by atoms with Crippen molar-refractivity contribution in [2.24, 2.45) is 4.99 Å². The lowest BCUT2D eigenvalue weighted by Crippen LogP contribution is -2.54. The Labute approximate surface area is 309 Å². The van der Waals surface area contributed by atoms with Gasteiger partial charge in [0.05, 0.1) is 24.0 Å². The highest BCUT2D eigenvalue weighted by Crippen LogP contribution is 2.49. The van der Waals surface area contributed by atoms with Gasteiger partial charge in [-0.2, -0.15) is 16.8 Å². The van der Waals surface area contributed by atoms with Gasteiger partial charge in [0.25, 0.3) is 32.1 Å². The molecule has 53 heavy (non-hydrogen) atoms. The van der Waals surface area contributed by atoms with Crippen LogP contribution in [-0.2, 0) is 39.5 Å². The summed E-state index contributed by atoms with van der Waals surface area (Å²) in [5.41, 5.74) is 1.55. The molecule has 4 aliphatic heterocycles. The van der Waals surface area contributed by atoms with E-state index >= 15 is 0 Å². The van der Waals surface area contributed by atoms with Crippen molar-refractivity contribution in [2.45, 2.75) is 109 Å². The predicted molar refractivity (Wildman–Crippen MR) is 194 cm³/mol. The molecule has 288 valence electrons. The fraction of sp³-hybridized carbons (Fsp3) is 0.583. The van der Waals surface area contributed by atoms with Gasteiger partial charge in [-0.1, -0.05) is 13.3 Å². The number of carbonyl (C=O) groups is 3. The lowest BCUT2D eigenvalue weighted by molar-refractivity contribution is -0.197. The summed E-state index contributed by atoms with van der Waals surface area (Å²) < 4.78 is 77.1. The summed E-state index contributed by atoms with van der Waals surface area (Å²) in [4.78, 5) is 48.6. The van der Waals surface area contributed by atoms with Gasteiger partial charge in [-0.3, -0.25) is 18.7 Å². The number of anilines is 1. The summed E-state index contributed by atoms with van der Waals surface area (Å²) >= 11 is 0. The fourth-order valence-electron chi connectivity index (χ4n) is 8.31. The third kappa shape index (κ3) is 8.27. The minimum absolute atomic E-state index is 0.00905. The number of hydrogen-bond acceptors (Lipinski definition) is 11. The number of amides is 2. The maximum absolute atomic E-state index is 12.6. The SMILES string of the molecule is CCCCN1c2cc3c(cc2C(CS(=O)(=O)O)CC1(C)C)N=c1cc2c(cc1O3)=[N+](CCCC(=O)ON1C(=O)CCC1=O)C(C)(C)CC2CS(=O)(=O)O. The first-order valence-corrected chi connectivity index (χ1v) is 21.2. The summed E-state index contributed by atoms with van der Waals surface area (Å²) in [5.74, 6) is -3.07. The maximum Gasteiger partial charge on any atom is 0.333 e. The number of unbranched alkanes of at least 4 members (excludes halogenated alkanes) is 1. The van der Waals surface area contributed by atoms with Crippen molar-refractivity contribution in [1.29, 1.82) is 0 Å². The van der Waals surface area contributed by atoms with Crippen LogP contribution in [0.3, 0.4) is 0 Å². The van der Waals surface area contributed by atoms with Crippen molar-refractivity contribution in [3.8, 4) is 11.5 Å². The lowest BCUT2D eigenvalue weighted by atomic mass is 9.79. The van der Waals surface area contributed by atoms with Crippen LogP contribution in [0.15, 0.2) is 29.3 Å². The molecule has 1 saturated heterocycles. The quantitative estimate of drug-likeness (QED) is 0.154. The van der Waals surface area contributed by atoms with Gasteiger partial charge in [0.2, 0.25) is 5.36 Å². The Hall–Kier alpha value is -3.93. The third-order valence-corrected chi connectivity index (χ3v) is 12.3. The number of hydroxylamine groups is 2. The number of fused-ring (bicyclic) bond motifs is 4. The average Bonchev–Trinajstić information content (AvgIpc) is 3.34. The number of ether oxygens (including phenoxy) is 1. The highest BCUT2D eigenvalue weighted by atomic mass is 32.2. The van der Waals surface area contributed by atoms with Crippen LogP contribution in [0.25, 0.3) is 0 Å². The van der Waals surface area contributed by atoms with Crippen molar-refractivity contribution in [3.63, 3.8) is 0 Å². The van der Waals surface area contributed by atoms with E-state index in [1.807, 2.05) is 30.6 Å². The Morgan fingerprint density at radius 3 is 2.19 bits per heavy atom. The van der Waals surface area contributed by atoms with Gasteiger partial charge in [0.1, 0.15) is 17.6 Å². The Bertz CT molecular complexity index is 2200. The molecule has 2 aromatic carbocycles. The smallest absolute Gasteiger partial charge is 0.333 e. The molecule has 4 aliphatic rings. The first-order valence-electron chi connectivity index (χ1n) is 17.9. The molecule has 2 N–H and O–H groups in total. The normalized spacial score (nSPS) is 21.6. The lowest BCUT2D eigenvalue weighted by Gasteiger charge is -2.48. The number of imide groups is 1. The first kappa shape index (κ1) is 38.8. The van der Waals surface area contributed by atoms with Gasteiger partial charge in [0.15, 0.2) is 17.0 Å². The van der Waals surface area contributed by atoms with Crippen molar-refractivity contribution in [2.75, 3.05) is 29.5 Å². The summed E-state index contributed by atoms with van der Waals surface area (Å²) in [6.07, 6.45) is 2.86. The van der Waals surface area contributed by atoms with Crippen LogP contribution < -0.4 is 24.9 Å². The van der Waals surface area contributed by atoms with Crippen molar-refractivity contribution in [1.82, 2.24) is 9.64 Å². The van der Waals surface area contributed by atoms with E-state index in [9.17, 15) is 40.3 Å². The van der Waals surface area contributed by atoms with Crippen molar-refractivity contribution < 1.29 is 49.9 Å². The predicted octanol–water partition coefficient (Wildman–Crippen LogP) is 3.54. The van der Waals surface area contributed by atoms with E-state index in [4.69, 9.17) is 14.6 Å². The molecule has 17 heteroatoms. The molecule has 1 fully saturated rings. The zero-order chi connectivity index (χ0) is 38.7. The molecule has 15 nitrogen and oxygen atoms in total. The summed E-state index contributed by atoms with van der Waals surface area (Å²) in [6, 6.07) is 7.21. The molecule has 4 heterocycles. The summed E-state index contributed by atoms with van der Waals surface area (Å²) in [6.45, 7) is 11.1. The first-order chi connectivity index (χ1) is 24.7. The van der Waals surface area contributed by atoms with Gasteiger partial charge >= 0.3 is 5.97 Å². The van der Waals surface area contributed by atoms with Crippen LogP contribution in [0.5, 0.6) is 11.5 Å². The molecule has 0 aliphatic carbocycles. The molecule has 2 atom stereocenters. The van der Waals surface area contributed by atoms with E-state index in [0.29, 0.717) is 57.9 Å². The molecular formula is C36H47N4O11S2+. The molecule has 2 unspecified atom stereocenters. The van der Waals surface area contributed by atoms with E-state index in [-0.39, 0.29) is 25.7 Å². The molecule has 0 bridgehead atoms. The Kier molecular flexibility index (Phi) is 10.3. The van der Waals surface area contributed by atoms with Gasteiger partial charge in [-0.25, -0.2) is 14.4 Å². The van der Waals surface area contributed by atoms with E-state index in [1.54, 1.807) is 12.1 Å². The van der Waals surface area contributed by atoms with Crippen molar-refractivity contribution in [3.05, 3.63) is 46.1 Å². The number of benzene rings is 2. The van der Waals surface area contributed by atoms with E-state index in [0.717, 1.165) is 30.6 Å². The molecule has 0 radical (unpaired) electrons. The highest BCUT2D eigenvalue weighted by molar-refractivity contribution is 7.86. The van der Waals surface area contributed by atoms with Crippen LogP contribution in [0.4, 0.5) is 11.4 Å². The van der Waals surface area contributed by atoms with Crippen LogP contribution in [0, 0.1) is 0 Å². The largest absolute Gasteiger partial charge is 0.452 e. The van der Waals surface area contributed by atoms with Crippen LogP contribution in [0.2, 0.25) is 0 Å². The highest BCUT2D eigenvalue weighted by Gasteiger charge is 2.43. The number of nitrogens with zero attached hydrogens (tertiary/aromatic N) is 4. The molecule has 0 spiro atoms. The molecule has 2 amide bonds. The summed E-state index contributed by atoms with van der Waals surface area (Å²) in [7, 11) is -8.68. The molecule has 2 aromatic rings. The minimum Gasteiger partial charge on any atom is -0.452 e. The van der Waals surface area contributed by atoms with E-state index in [2.05, 4.69) is 25.7 Å². The minimum atomic E-state index is -4.38. The summed E-state index contributed by atoms with van der Waals surface area (Å²) in [5, 5.41) is 1.58. The zero-order valence-corrected chi connectivity index (χ0v) is 32.3. The van der Waals surface area contributed by atoms with E-state index < -0.39 is 72.4 Å². The van der Waals surface area contributed by atoms with Gasteiger partial charge in [0, 0.05) is 66.9 Å². The van der Waals surface area contributed by atoms with Gasteiger partial charge in [-0.05, 0) is 58.2 Å². The van der Waals surface area contributed by atoms with Gasteiger partial charge < -0.3 is 14.5 Å². The van der Waals surface area contributed by atoms with Crippen LogP contribution in [-0.4, -0.2) is 84.5 Å². The van der Waals surface area contributed by atoms with E-state index in [1.165, 1.54) is 0 Å². The fourth-order valence-corrected chi connectivity index (χ4v) is 9.92. The van der Waals surface area contributed by atoms with Gasteiger partial charge in [-0.15, -0.1) is 5.06 Å². The standard InChI is InChI=1S/C36H46N4O11S2/c1-6-7-12-38-28-16-30-26(14-24(28)22(18-35(38,2)3)20-52(44,45)46)37-27-15-25-23(21-53(47,48)49)19-36(4,5)39(29(25)17-31(27)50-30)13-8-9-34(43)51-40-32(41)10-11-33(40)42/h14-17,22-23H,6-13,18-21H2,1-5H3,(H-,44,45,46,47,48,49)/p+1.